The first-order chi connectivity index (χ1) is 9.92. The molecule has 0 aliphatic heterocycles. The number of nitrogens with one attached hydrogen (secondary N) is 1. The normalized spacial score (nSPS) is 12.5. The molecule has 1 N–H and O–H groups in total. The van der Waals surface area contributed by atoms with Crippen LogP contribution in [-0.4, -0.2) is 6.54 Å². The Morgan fingerprint density at radius 1 is 0.857 bits per heavy atom. The molecule has 3 heteroatoms. The summed E-state index contributed by atoms with van der Waals surface area (Å²) in [6.45, 7) is 9.62. The van der Waals surface area contributed by atoms with Gasteiger partial charge >= 0.3 is 0 Å². The van der Waals surface area contributed by atoms with Gasteiger partial charge in [-0.15, -0.1) is 0 Å². The fourth-order valence-corrected chi connectivity index (χ4v) is 3.98. The summed E-state index contributed by atoms with van der Waals surface area (Å²) in [7, 11) is 0. The first-order valence-corrected chi connectivity index (χ1v) is 8.78. The quantitative estimate of drug-likeness (QED) is 0.667. The van der Waals surface area contributed by atoms with Crippen molar-refractivity contribution in [2.75, 3.05) is 6.54 Å². The van der Waals surface area contributed by atoms with Crippen molar-refractivity contribution < 1.29 is 0 Å². The van der Waals surface area contributed by atoms with Gasteiger partial charge in [-0.25, -0.2) is 0 Å². The van der Waals surface area contributed by atoms with Crippen LogP contribution in [-0.2, 0) is 0 Å². The zero-order valence-electron chi connectivity index (χ0n) is 12.9. The van der Waals surface area contributed by atoms with E-state index in [1.165, 1.54) is 27.8 Å². The minimum Gasteiger partial charge on any atom is -0.307 e. The summed E-state index contributed by atoms with van der Waals surface area (Å²) < 4.78 is 2.19. The highest BCUT2D eigenvalue weighted by Crippen LogP contribution is 2.31. The molecule has 0 bridgehead atoms. The minimum atomic E-state index is 0.211. The van der Waals surface area contributed by atoms with E-state index in [1.807, 2.05) is 0 Å². The van der Waals surface area contributed by atoms with E-state index in [1.54, 1.807) is 0 Å². The lowest BCUT2D eigenvalue weighted by molar-refractivity contribution is 0.626. The van der Waals surface area contributed by atoms with Gasteiger partial charge in [0.05, 0.1) is 6.04 Å². The van der Waals surface area contributed by atoms with Crippen LogP contribution in [0.3, 0.4) is 0 Å². The SMILES string of the molecule is CCNC(c1cc(Br)cc(Br)c1)c1cc(C)c(C)cc1C. The Kier molecular flexibility index (Phi) is 5.64. The predicted molar refractivity (Wildman–Crippen MR) is 98.0 cm³/mol. The van der Waals surface area contributed by atoms with E-state index in [-0.39, 0.29) is 6.04 Å². The van der Waals surface area contributed by atoms with Crippen LogP contribution < -0.4 is 5.32 Å². The molecule has 0 saturated heterocycles. The molecule has 2 aromatic carbocycles. The van der Waals surface area contributed by atoms with Crippen LogP contribution in [0.5, 0.6) is 0 Å². The number of benzene rings is 2. The van der Waals surface area contributed by atoms with Gasteiger partial charge in [0.25, 0.3) is 0 Å². The third-order valence-electron chi connectivity index (χ3n) is 3.82. The molecular formula is C18H21Br2N. The molecule has 0 radical (unpaired) electrons. The Morgan fingerprint density at radius 3 is 2.00 bits per heavy atom. The highest BCUT2D eigenvalue weighted by molar-refractivity contribution is 9.11. The lowest BCUT2D eigenvalue weighted by Gasteiger charge is -2.23. The summed E-state index contributed by atoms with van der Waals surface area (Å²) >= 11 is 7.18. The van der Waals surface area contributed by atoms with Gasteiger partial charge in [0.2, 0.25) is 0 Å². The average Bonchev–Trinajstić information content (AvgIpc) is 2.39. The van der Waals surface area contributed by atoms with E-state index in [0.717, 1.165) is 15.5 Å². The lowest BCUT2D eigenvalue weighted by atomic mass is 9.91. The van der Waals surface area contributed by atoms with E-state index in [0.29, 0.717) is 0 Å². The number of rotatable bonds is 4. The minimum absolute atomic E-state index is 0.211. The van der Waals surface area contributed by atoms with Gasteiger partial charge in [0.1, 0.15) is 0 Å². The molecule has 21 heavy (non-hydrogen) atoms. The van der Waals surface area contributed by atoms with Crippen LogP contribution >= 0.6 is 31.9 Å². The Morgan fingerprint density at radius 2 is 1.43 bits per heavy atom. The molecule has 0 aliphatic rings. The van der Waals surface area contributed by atoms with Crippen molar-refractivity contribution in [3.8, 4) is 0 Å². The Bertz CT molecular complexity index is 630. The van der Waals surface area contributed by atoms with Crippen molar-refractivity contribution in [2.45, 2.75) is 33.7 Å². The molecule has 1 unspecified atom stereocenters. The van der Waals surface area contributed by atoms with E-state index >= 15 is 0 Å². The molecule has 0 fully saturated rings. The van der Waals surface area contributed by atoms with Crippen LogP contribution in [0.15, 0.2) is 39.3 Å². The maximum absolute atomic E-state index is 3.62. The molecule has 0 aliphatic carbocycles. The zero-order chi connectivity index (χ0) is 15.6. The van der Waals surface area contributed by atoms with Crippen molar-refractivity contribution in [2.24, 2.45) is 0 Å². The summed E-state index contributed by atoms with van der Waals surface area (Å²) in [4.78, 5) is 0. The second kappa shape index (κ2) is 7.08. The number of hydrogen-bond donors (Lipinski definition) is 1. The molecule has 2 rings (SSSR count). The van der Waals surface area contributed by atoms with Crippen molar-refractivity contribution in [3.63, 3.8) is 0 Å². The third kappa shape index (κ3) is 3.97. The summed E-state index contributed by atoms with van der Waals surface area (Å²) in [5, 5.41) is 3.62. The summed E-state index contributed by atoms with van der Waals surface area (Å²) in [5.41, 5.74) is 6.64. The molecule has 1 atom stereocenters. The van der Waals surface area contributed by atoms with Gasteiger partial charge in [-0.3, -0.25) is 0 Å². The van der Waals surface area contributed by atoms with Crippen molar-refractivity contribution in [3.05, 3.63) is 67.1 Å². The van der Waals surface area contributed by atoms with Crippen LogP contribution in [0.4, 0.5) is 0 Å². The fraction of sp³-hybridized carbons (Fsp3) is 0.333. The smallest absolute Gasteiger partial charge is 0.0580 e. The number of halogens is 2. The summed E-state index contributed by atoms with van der Waals surface area (Å²) in [6, 6.07) is 11.2. The molecule has 0 saturated carbocycles. The second-order valence-electron chi connectivity index (χ2n) is 5.49. The van der Waals surface area contributed by atoms with Gasteiger partial charge in [-0.1, -0.05) is 50.9 Å². The van der Waals surface area contributed by atoms with Crippen molar-refractivity contribution in [1.29, 1.82) is 0 Å². The molecule has 0 heterocycles. The van der Waals surface area contributed by atoms with Crippen LogP contribution in [0.25, 0.3) is 0 Å². The molecule has 2 aromatic rings. The van der Waals surface area contributed by atoms with Crippen molar-refractivity contribution >= 4 is 31.9 Å². The van der Waals surface area contributed by atoms with E-state index < -0.39 is 0 Å². The fourth-order valence-electron chi connectivity index (χ4n) is 2.65. The zero-order valence-corrected chi connectivity index (χ0v) is 16.1. The van der Waals surface area contributed by atoms with Crippen LogP contribution in [0.1, 0.15) is 40.8 Å². The molecule has 1 nitrogen and oxygen atoms in total. The highest BCUT2D eigenvalue weighted by atomic mass is 79.9. The first-order valence-electron chi connectivity index (χ1n) is 7.19. The van der Waals surface area contributed by atoms with Gasteiger partial charge in [-0.2, -0.15) is 0 Å². The van der Waals surface area contributed by atoms with Gasteiger partial charge < -0.3 is 5.32 Å². The predicted octanol–water partition coefficient (Wildman–Crippen LogP) is 5.84. The Hall–Kier alpha value is -0.640. The topological polar surface area (TPSA) is 12.0 Å². The largest absolute Gasteiger partial charge is 0.307 e. The van der Waals surface area contributed by atoms with Gasteiger partial charge in [-0.05, 0) is 73.3 Å². The number of hydrogen-bond acceptors (Lipinski definition) is 1. The van der Waals surface area contributed by atoms with E-state index in [4.69, 9.17) is 0 Å². The maximum atomic E-state index is 3.62. The molecule has 0 spiro atoms. The summed E-state index contributed by atoms with van der Waals surface area (Å²) in [6.07, 6.45) is 0. The third-order valence-corrected chi connectivity index (χ3v) is 4.74. The monoisotopic (exact) mass is 409 g/mol. The lowest BCUT2D eigenvalue weighted by Crippen LogP contribution is -2.23. The van der Waals surface area contributed by atoms with E-state index in [2.05, 4.69) is 95.2 Å². The maximum Gasteiger partial charge on any atom is 0.0580 e. The van der Waals surface area contributed by atoms with Crippen LogP contribution in [0, 0.1) is 20.8 Å². The standard InChI is InChI=1S/C18H21Br2N/c1-5-21-18(14-8-15(19)10-16(20)9-14)17-7-12(3)11(2)6-13(17)4/h6-10,18,21H,5H2,1-4H3. The molecule has 0 aromatic heterocycles. The summed E-state index contributed by atoms with van der Waals surface area (Å²) in [5.74, 6) is 0. The van der Waals surface area contributed by atoms with Gasteiger partial charge in [0, 0.05) is 8.95 Å². The first kappa shape index (κ1) is 16.7. The molecular weight excluding hydrogens is 390 g/mol. The Labute approximate surface area is 144 Å². The highest BCUT2D eigenvalue weighted by Gasteiger charge is 2.17. The second-order valence-corrected chi connectivity index (χ2v) is 7.32. The Balaban J connectivity index is 2.55. The van der Waals surface area contributed by atoms with E-state index in [9.17, 15) is 0 Å². The number of aryl methyl sites for hydroxylation is 3. The van der Waals surface area contributed by atoms with Crippen LogP contribution in [0.2, 0.25) is 0 Å². The van der Waals surface area contributed by atoms with Gasteiger partial charge in [0.15, 0.2) is 0 Å². The average molecular weight is 411 g/mol. The molecule has 112 valence electrons. The van der Waals surface area contributed by atoms with Crippen molar-refractivity contribution in [1.82, 2.24) is 5.32 Å². The molecule has 0 amide bonds.